The predicted octanol–water partition coefficient (Wildman–Crippen LogP) is 3.21. The number of aromatic nitrogens is 3. The molecule has 4 rings (SSSR count). The minimum Gasteiger partial charge on any atom is -0.344 e. The van der Waals surface area contributed by atoms with Gasteiger partial charge in [-0.05, 0) is 42.3 Å². The van der Waals surface area contributed by atoms with Gasteiger partial charge in [-0.25, -0.2) is 13.6 Å². The molecule has 1 atom stereocenters. The Morgan fingerprint density at radius 1 is 0.971 bits per heavy atom. The zero-order valence-corrected chi connectivity index (χ0v) is 18.1. The molecule has 0 spiro atoms. The molecule has 1 aromatic heterocycles. The summed E-state index contributed by atoms with van der Waals surface area (Å²) in [6.07, 6.45) is 0. The number of benzene rings is 3. The van der Waals surface area contributed by atoms with Crippen molar-refractivity contribution in [3.05, 3.63) is 128 Å². The Labute approximate surface area is 192 Å². The highest BCUT2D eigenvalue weighted by atomic mass is 19.1. The number of hydrogen-bond acceptors (Lipinski definition) is 4. The quantitative estimate of drug-likeness (QED) is 0.477. The summed E-state index contributed by atoms with van der Waals surface area (Å²) in [7, 11) is 0. The summed E-state index contributed by atoms with van der Waals surface area (Å²) in [4.78, 5) is 39.3. The Balaban J connectivity index is 1.83. The van der Waals surface area contributed by atoms with E-state index in [1.54, 1.807) is 31.2 Å². The van der Waals surface area contributed by atoms with Crippen molar-refractivity contribution in [1.29, 1.82) is 0 Å². The second-order valence-electron chi connectivity index (χ2n) is 7.62. The van der Waals surface area contributed by atoms with E-state index >= 15 is 0 Å². The van der Waals surface area contributed by atoms with E-state index in [9.17, 15) is 23.2 Å². The molecule has 0 unspecified atom stereocenters. The van der Waals surface area contributed by atoms with Gasteiger partial charge in [-0.1, -0.05) is 54.6 Å². The van der Waals surface area contributed by atoms with Gasteiger partial charge < -0.3 is 5.32 Å². The van der Waals surface area contributed by atoms with E-state index in [1.165, 1.54) is 36.4 Å². The molecule has 0 bridgehead atoms. The molecule has 0 aliphatic carbocycles. The van der Waals surface area contributed by atoms with Gasteiger partial charge in [-0.15, -0.1) is 0 Å². The van der Waals surface area contributed by atoms with Crippen LogP contribution in [0.4, 0.5) is 8.78 Å². The number of rotatable bonds is 6. The second-order valence-corrected chi connectivity index (χ2v) is 7.62. The maximum atomic E-state index is 14.5. The van der Waals surface area contributed by atoms with Crippen LogP contribution in [0.25, 0.3) is 5.69 Å². The molecule has 9 heteroatoms. The summed E-state index contributed by atoms with van der Waals surface area (Å²) in [5.41, 5.74) is -1.66. The molecular weight excluding hydrogens is 442 g/mol. The fourth-order valence-corrected chi connectivity index (χ4v) is 3.48. The summed E-state index contributed by atoms with van der Waals surface area (Å²) in [5.74, 6) is -2.15. The van der Waals surface area contributed by atoms with Crippen LogP contribution in [0.15, 0.2) is 88.5 Å². The zero-order chi connectivity index (χ0) is 24.2. The lowest BCUT2D eigenvalue weighted by molar-refractivity contribution is 0.0930. The van der Waals surface area contributed by atoms with E-state index in [2.05, 4.69) is 10.4 Å². The first-order valence-electron chi connectivity index (χ1n) is 10.4. The van der Waals surface area contributed by atoms with Crippen LogP contribution in [0.5, 0.6) is 0 Å². The highest BCUT2D eigenvalue weighted by Crippen LogP contribution is 2.13. The number of para-hydroxylation sites is 1. The Morgan fingerprint density at radius 3 is 2.38 bits per heavy atom. The van der Waals surface area contributed by atoms with Gasteiger partial charge in [0.2, 0.25) is 5.69 Å². The normalized spacial score (nSPS) is 11.7. The third-order valence-electron chi connectivity index (χ3n) is 5.23. The predicted molar refractivity (Wildman–Crippen MR) is 122 cm³/mol. The molecule has 7 nitrogen and oxygen atoms in total. The SMILES string of the molecule is C[C@@H](NC(=O)c1nn(-c2ccccc2F)c(=O)n(Cc2cccc(F)c2)c1=O)c1ccccc1. The number of hydrogen-bond donors (Lipinski definition) is 1. The van der Waals surface area contributed by atoms with Gasteiger partial charge >= 0.3 is 5.69 Å². The van der Waals surface area contributed by atoms with Crippen molar-refractivity contribution in [3.8, 4) is 5.69 Å². The zero-order valence-electron chi connectivity index (χ0n) is 18.1. The number of nitrogens with one attached hydrogen (secondary N) is 1. The number of halogens is 2. The highest BCUT2D eigenvalue weighted by Gasteiger charge is 2.23. The molecule has 0 saturated heterocycles. The van der Waals surface area contributed by atoms with Gasteiger partial charge in [-0.3, -0.25) is 14.2 Å². The van der Waals surface area contributed by atoms with Gasteiger partial charge in [0.1, 0.15) is 17.3 Å². The lowest BCUT2D eigenvalue weighted by Crippen LogP contribution is -2.46. The van der Waals surface area contributed by atoms with Crippen molar-refractivity contribution in [3.63, 3.8) is 0 Å². The van der Waals surface area contributed by atoms with Gasteiger partial charge in [-0.2, -0.15) is 9.78 Å². The molecule has 4 aromatic rings. The maximum absolute atomic E-state index is 14.5. The molecular formula is C25H20F2N4O3. The number of carbonyl (C=O) groups excluding carboxylic acids is 1. The summed E-state index contributed by atoms with van der Waals surface area (Å²) in [6.45, 7) is 1.40. The summed E-state index contributed by atoms with van der Waals surface area (Å²) >= 11 is 0. The molecule has 0 saturated carbocycles. The fraction of sp³-hybridized carbons (Fsp3) is 0.120. The van der Waals surface area contributed by atoms with E-state index in [0.717, 1.165) is 22.3 Å². The Kier molecular flexibility index (Phi) is 6.44. The van der Waals surface area contributed by atoms with Crippen LogP contribution in [0.1, 0.15) is 34.6 Å². The molecule has 0 aliphatic rings. The lowest BCUT2D eigenvalue weighted by Gasteiger charge is -2.16. The van der Waals surface area contributed by atoms with Crippen LogP contribution in [0.3, 0.4) is 0 Å². The molecule has 0 aliphatic heterocycles. The summed E-state index contributed by atoms with van der Waals surface area (Å²) in [5, 5.41) is 6.60. The second kappa shape index (κ2) is 9.62. The molecule has 3 aromatic carbocycles. The lowest BCUT2D eigenvalue weighted by atomic mass is 10.1. The van der Waals surface area contributed by atoms with Crippen molar-refractivity contribution in [2.24, 2.45) is 0 Å². The van der Waals surface area contributed by atoms with Crippen molar-refractivity contribution < 1.29 is 13.6 Å². The number of nitrogens with zero attached hydrogens (tertiary/aromatic N) is 3. The van der Waals surface area contributed by atoms with Gasteiger partial charge in [0.25, 0.3) is 11.5 Å². The molecule has 34 heavy (non-hydrogen) atoms. The number of carbonyl (C=O) groups is 1. The highest BCUT2D eigenvalue weighted by molar-refractivity contribution is 5.92. The maximum Gasteiger partial charge on any atom is 0.352 e. The topological polar surface area (TPSA) is 86.0 Å². The fourth-order valence-electron chi connectivity index (χ4n) is 3.48. The average molecular weight is 462 g/mol. The largest absolute Gasteiger partial charge is 0.352 e. The van der Waals surface area contributed by atoms with Crippen LogP contribution >= 0.6 is 0 Å². The Hall–Kier alpha value is -4.40. The van der Waals surface area contributed by atoms with Crippen molar-refractivity contribution >= 4 is 5.91 Å². The standard InChI is InChI=1S/C25H20F2N4O3/c1-16(18-9-3-2-4-10-18)28-23(32)22-24(33)30(15-17-8-7-11-19(26)14-17)25(34)31(29-22)21-13-6-5-12-20(21)27/h2-14,16H,15H2,1H3,(H,28,32)/t16-/m1/s1. The molecule has 1 amide bonds. The minimum atomic E-state index is -0.973. The van der Waals surface area contributed by atoms with Gasteiger partial charge in [0, 0.05) is 0 Å². The van der Waals surface area contributed by atoms with E-state index in [1.807, 2.05) is 6.07 Å². The molecule has 1 heterocycles. The van der Waals surface area contributed by atoms with Crippen LogP contribution < -0.4 is 16.6 Å². The van der Waals surface area contributed by atoms with Gasteiger partial charge in [0.15, 0.2) is 0 Å². The van der Waals surface area contributed by atoms with E-state index in [4.69, 9.17) is 0 Å². The minimum absolute atomic E-state index is 0.231. The third kappa shape index (κ3) is 4.68. The average Bonchev–Trinajstić information content (AvgIpc) is 2.83. The first-order valence-corrected chi connectivity index (χ1v) is 10.4. The van der Waals surface area contributed by atoms with Crippen LogP contribution in [0.2, 0.25) is 0 Å². The van der Waals surface area contributed by atoms with E-state index in [0.29, 0.717) is 10.2 Å². The van der Waals surface area contributed by atoms with Gasteiger partial charge in [0.05, 0.1) is 12.6 Å². The van der Waals surface area contributed by atoms with Crippen LogP contribution in [-0.2, 0) is 6.54 Å². The van der Waals surface area contributed by atoms with E-state index in [-0.39, 0.29) is 12.2 Å². The smallest absolute Gasteiger partial charge is 0.344 e. The molecule has 0 radical (unpaired) electrons. The molecule has 0 fully saturated rings. The van der Waals surface area contributed by atoms with Crippen molar-refractivity contribution in [1.82, 2.24) is 19.7 Å². The van der Waals surface area contributed by atoms with Crippen molar-refractivity contribution in [2.45, 2.75) is 19.5 Å². The van der Waals surface area contributed by atoms with E-state index < -0.39 is 40.5 Å². The van der Waals surface area contributed by atoms with Crippen LogP contribution in [-0.4, -0.2) is 20.3 Å². The third-order valence-corrected chi connectivity index (χ3v) is 5.23. The first-order chi connectivity index (χ1) is 16.3. The Morgan fingerprint density at radius 2 is 1.68 bits per heavy atom. The Bertz CT molecular complexity index is 1470. The van der Waals surface area contributed by atoms with Crippen LogP contribution in [0, 0.1) is 11.6 Å². The summed E-state index contributed by atoms with van der Waals surface area (Å²) in [6, 6.07) is 19.3. The molecule has 1 N–H and O–H groups in total. The van der Waals surface area contributed by atoms with Crippen molar-refractivity contribution in [2.75, 3.05) is 0 Å². The monoisotopic (exact) mass is 462 g/mol. The molecule has 172 valence electrons. The first kappa shape index (κ1) is 22.8. The number of amides is 1. The summed E-state index contributed by atoms with van der Waals surface area (Å²) < 4.78 is 29.6.